The molecule has 0 aliphatic carbocycles. The van der Waals surface area contributed by atoms with E-state index in [1.54, 1.807) is 0 Å². The van der Waals surface area contributed by atoms with Crippen molar-refractivity contribution in [3.05, 3.63) is 29.3 Å². The molecule has 0 aromatic heterocycles. The topological polar surface area (TPSA) is 47.6 Å². The van der Waals surface area contributed by atoms with Gasteiger partial charge in [-0.3, -0.25) is 0 Å². The fourth-order valence-corrected chi connectivity index (χ4v) is 1.66. The number of halogens is 3. The zero-order valence-corrected chi connectivity index (χ0v) is 10.1. The molecule has 1 aliphatic rings. The van der Waals surface area contributed by atoms with Crippen LogP contribution in [-0.4, -0.2) is 32.3 Å². The fraction of sp³-hybridized carbons (Fsp3) is 0.417. The SMILES string of the molecule is COC(=O)c1ccc(OC2CNC2)cc1C(F)(F)F. The number of esters is 1. The van der Waals surface area contributed by atoms with E-state index in [1.807, 2.05) is 0 Å². The number of carbonyl (C=O) groups is 1. The number of rotatable bonds is 3. The average Bonchev–Trinajstić information content (AvgIpc) is 2.31. The molecule has 1 heterocycles. The zero-order valence-electron chi connectivity index (χ0n) is 10.1. The molecule has 1 aromatic carbocycles. The number of ether oxygens (including phenoxy) is 2. The number of hydrogen-bond donors (Lipinski definition) is 1. The molecule has 1 aromatic rings. The Morgan fingerprint density at radius 2 is 2.05 bits per heavy atom. The van der Waals surface area contributed by atoms with Crippen molar-refractivity contribution in [3.8, 4) is 5.75 Å². The Morgan fingerprint density at radius 1 is 1.37 bits per heavy atom. The van der Waals surface area contributed by atoms with Crippen LogP contribution in [0.4, 0.5) is 13.2 Å². The van der Waals surface area contributed by atoms with E-state index in [-0.39, 0.29) is 11.9 Å². The second kappa shape index (κ2) is 5.08. The molecule has 104 valence electrons. The Bertz CT molecular complexity index is 484. The summed E-state index contributed by atoms with van der Waals surface area (Å²) in [7, 11) is 1.03. The van der Waals surface area contributed by atoms with E-state index in [4.69, 9.17) is 4.74 Å². The smallest absolute Gasteiger partial charge is 0.417 e. The molecular formula is C12H12F3NO3. The molecule has 19 heavy (non-hydrogen) atoms. The van der Waals surface area contributed by atoms with Crippen molar-refractivity contribution >= 4 is 5.97 Å². The summed E-state index contributed by atoms with van der Waals surface area (Å²) in [6.45, 7) is 1.19. The molecule has 0 unspecified atom stereocenters. The van der Waals surface area contributed by atoms with E-state index in [0.717, 1.165) is 19.2 Å². The number of alkyl halides is 3. The third-order valence-electron chi connectivity index (χ3n) is 2.75. The van der Waals surface area contributed by atoms with Crippen molar-refractivity contribution in [1.29, 1.82) is 0 Å². The molecule has 2 rings (SSSR count). The molecule has 4 nitrogen and oxygen atoms in total. The first-order valence-electron chi connectivity index (χ1n) is 5.58. The third kappa shape index (κ3) is 2.98. The van der Waals surface area contributed by atoms with Crippen molar-refractivity contribution in [2.45, 2.75) is 12.3 Å². The van der Waals surface area contributed by atoms with E-state index in [2.05, 4.69) is 10.1 Å². The molecule has 0 saturated carbocycles. The lowest BCUT2D eigenvalue weighted by atomic mass is 10.1. The molecule has 7 heteroatoms. The lowest BCUT2D eigenvalue weighted by Gasteiger charge is -2.28. The maximum absolute atomic E-state index is 12.9. The number of nitrogens with one attached hydrogen (secondary N) is 1. The van der Waals surface area contributed by atoms with Crippen molar-refractivity contribution in [3.63, 3.8) is 0 Å². The lowest BCUT2D eigenvalue weighted by Crippen LogP contribution is -2.50. The van der Waals surface area contributed by atoms with Gasteiger partial charge in [0.1, 0.15) is 11.9 Å². The van der Waals surface area contributed by atoms with Crippen LogP contribution >= 0.6 is 0 Å². The van der Waals surface area contributed by atoms with E-state index in [0.29, 0.717) is 13.1 Å². The molecule has 0 radical (unpaired) electrons. The summed E-state index contributed by atoms with van der Waals surface area (Å²) in [5.41, 5.74) is -1.57. The summed E-state index contributed by atoms with van der Waals surface area (Å²) < 4.78 is 48.3. The summed E-state index contributed by atoms with van der Waals surface area (Å²) in [4.78, 5) is 11.3. The van der Waals surface area contributed by atoms with Crippen LogP contribution in [0.25, 0.3) is 0 Å². The van der Waals surface area contributed by atoms with Crippen molar-refractivity contribution in [2.24, 2.45) is 0 Å². The number of carbonyl (C=O) groups excluding carboxylic acids is 1. The maximum Gasteiger partial charge on any atom is 0.417 e. The van der Waals surface area contributed by atoms with Gasteiger partial charge in [-0.2, -0.15) is 13.2 Å². The van der Waals surface area contributed by atoms with Gasteiger partial charge in [0, 0.05) is 13.1 Å². The van der Waals surface area contributed by atoms with Crippen molar-refractivity contribution in [1.82, 2.24) is 5.32 Å². The normalized spacial score (nSPS) is 15.8. The first-order chi connectivity index (χ1) is 8.91. The highest BCUT2D eigenvalue weighted by atomic mass is 19.4. The molecule has 1 saturated heterocycles. The Morgan fingerprint density at radius 3 is 2.53 bits per heavy atom. The molecule has 1 aliphatic heterocycles. The van der Waals surface area contributed by atoms with Gasteiger partial charge >= 0.3 is 12.1 Å². The van der Waals surface area contributed by atoms with Gasteiger partial charge in [0.05, 0.1) is 18.2 Å². The first kappa shape index (κ1) is 13.7. The predicted octanol–water partition coefficient (Wildman–Crippen LogP) is 1.84. The van der Waals surface area contributed by atoms with Crippen molar-refractivity contribution in [2.75, 3.05) is 20.2 Å². The van der Waals surface area contributed by atoms with E-state index >= 15 is 0 Å². The molecule has 0 atom stereocenters. The monoisotopic (exact) mass is 275 g/mol. The molecular weight excluding hydrogens is 263 g/mol. The fourth-order valence-electron chi connectivity index (χ4n) is 1.66. The Labute approximate surface area is 107 Å². The summed E-state index contributed by atoms with van der Waals surface area (Å²) in [6.07, 6.45) is -4.77. The number of hydrogen-bond acceptors (Lipinski definition) is 4. The van der Waals surface area contributed by atoms with Crippen LogP contribution in [-0.2, 0) is 10.9 Å². The minimum Gasteiger partial charge on any atom is -0.488 e. The van der Waals surface area contributed by atoms with Gasteiger partial charge < -0.3 is 14.8 Å². The zero-order chi connectivity index (χ0) is 14.0. The Kier molecular flexibility index (Phi) is 3.66. The Balaban J connectivity index is 2.32. The van der Waals surface area contributed by atoms with Gasteiger partial charge in [-0.15, -0.1) is 0 Å². The van der Waals surface area contributed by atoms with Crippen LogP contribution in [0.2, 0.25) is 0 Å². The quantitative estimate of drug-likeness (QED) is 0.855. The summed E-state index contributed by atoms with van der Waals surface area (Å²) >= 11 is 0. The largest absolute Gasteiger partial charge is 0.488 e. The number of benzene rings is 1. The highest BCUT2D eigenvalue weighted by Crippen LogP contribution is 2.35. The first-order valence-corrected chi connectivity index (χ1v) is 5.58. The molecule has 0 bridgehead atoms. The highest BCUT2D eigenvalue weighted by Gasteiger charge is 2.36. The van der Waals surface area contributed by atoms with Crippen LogP contribution in [0.3, 0.4) is 0 Å². The van der Waals surface area contributed by atoms with Crippen LogP contribution in [0, 0.1) is 0 Å². The van der Waals surface area contributed by atoms with Gasteiger partial charge in [-0.1, -0.05) is 0 Å². The second-order valence-corrected chi connectivity index (χ2v) is 4.09. The van der Waals surface area contributed by atoms with Crippen LogP contribution in [0.5, 0.6) is 5.75 Å². The minimum absolute atomic E-state index is 0.0893. The van der Waals surface area contributed by atoms with Gasteiger partial charge in [0.15, 0.2) is 0 Å². The number of methoxy groups -OCH3 is 1. The summed E-state index contributed by atoms with van der Waals surface area (Å²) in [6, 6.07) is 3.22. The molecule has 1 fully saturated rings. The minimum atomic E-state index is -4.64. The van der Waals surface area contributed by atoms with Gasteiger partial charge in [0.25, 0.3) is 0 Å². The van der Waals surface area contributed by atoms with Crippen LogP contribution < -0.4 is 10.1 Å². The summed E-state index contributed by atoms with van der Waals surface area (Å²) in [5, 5.41) is 2.94. The van der Waals surface area contributed by atoms with Crippen LogP contribution in [0.1, 0.15) is 15.9 Å². The summed E-state index contributed by atoms with van der Waals surface area (Å²) in [5.74, 6) is -0.935. The predicted molar refractivity (Wildman–Crippen MR) is 60.1 cm³/mol. The lowest BCUT2D eigenvalue weighted by molar-refractivity contribution is -0.138. The van der Waals surface area contributed by atoms with Gasteiger partial charge in [-0.05, 0) is 18.2 Å². The highest BCUT2D eigenvalue weighted by molar-refractivity contribution is 5.91. The average molecular weight is 275 g/mol. The van der Waals surface area contributed by atoms with Crippen LogP contribution in [0.15, 0.2) is 18.2 Å². The van der Waals surface area contributed by atoms with Crippen molar-refractivity contribution < 1.29 is 27.4 Å². The Hall–Kier alpha value is -1.76. The maximum atomic E-state index is 12.9. The van der Waals surface area contributed by atoms with Gasteiger partial charge in [-0.25, -0.2) is 4.79 Å². The van der Waals surface area contributed by atoms with E-state index < -0.39 is 23.3 Å². The van der Waals surface area contributed by atoms with E-state index in [9.17, 15) is 18.0 Å². The molecule has 0 spiro atoms. The molecule has 1 N–H and O–H groups in total. The second-order valence-electron chi connectivity index (χ2n) is 4.09. The van der Waals surface area contributed by atoms with E-state index in [1.165, 1.54) is 6.07 Å². The standard InChI is InChI=1S/C12H12F3NO3/c1-18-11(17)9-3-2-7(19-8-5-16-6-8)4-10(9)12(13,14)15/h2-4,8,16H,5-6H2,1H3. The van der Waals surface area contributed by atoms with Gasteiger partial charge in [0.2, 0.25) is 0 Å². The molecule has 0 amide bonds. The third-order valence-corrected chi connectivity index (χ3v) is 2.75.